The van der Waals surface area contributed by atoms with Crippen molar-refractivity contribution in [2.75, 3.05) is 0 Å². The van der Waals surface area contributed by atoms with Crippen molar-refractivity contribution in [3.8, 4) is 0 Å². The van der Waals surface area contributed by atoms with Crippen molar-refractivity contribution < 1.29 is 4.79 Å². The molecule has 0 bridgehead atoms. The number of rotatable bonds is 0. The second kappa shape index (κ2) is 4.17. The van der Waals surface area contributed by atoms with E-state index in [1.165, 1.54) is 26.8 Å². The van der Waals surface area contributed by atoms with Crippen LogP contribution in [0.15, 0.2) is 30.3 Å². The summed E-state index contributed by atoms with van der Waals surface area (Å²) in [5, 5.41) is 4.93. The summed E-state index contributed by atoms with van der Waals surface area (Å²) in [5.41, 5.74) is 3.47. The van der Waals surface area contributed by atoms with E-state index in [0.29, 0.717) is 12.2 Å². The third-order valence-electron chi connectivity index (χ3n) is 4.38. The van der Waals surface area contributed by atoms with Crippen LogP contribution in [-0.2, 0) is 6.42 Å². The Labute approximate surface area is 117 Å². The van der Waals surface area contributed by atoms with Crippen LogP contribution in [0.4, 0.5) is 0 Å². The van der Waals surface area contributed by atoms with Gasteiger partial charge in [0.2, 0.25) is 0 Å². The maximum Gasteiger partial charge on any atom is 0.164 e. The van der Waals surface area contributed by atoms with Gasteiger partial charge in [0.05, 0.1) is 0 Å². The molecule has 0 heterocycles. The maximum absolute atomic E-state index is 12.3. The molecule has 0 N–H and O–H groups in total. The predicted molar refractivity (Wildman–Crippen MR) is 80.7 cm³/mol. The molecule has 0 atom stereocenters. The summed E-state index contributed by atoms with van der Waals surface area (Å²) < 4.78 is 0. The first-order valence-corrected chi connectivity index (χ1v) is 7.20. The molecule has 98 valence electrons. The highest BCUT2D eigenvalue weighted by molar-refractivity contribution is 5.99. The molecule has 0 amide bonds. The zero-order valence-corrected chi connectivity index (χ0v) is 11.6. The molecule has 0 spiro atoms. The van der Waals surface area contributed by atoms with Crippen LogP contribution >= 0.6 is 0 Å². The lowest BCUT2D eigenvalue weighted by Gasteiger charge is -2.15. The molecule has 2 aromatic rings. The van der Waals surface area contributed by atoms with Crippen molar-refractivity contribution in [3.63, 3.8) is 0 Å². The molecule has 20 heavy (non-hydrogen) atoms. The van der Waals surface area contributed by atoms with Crippen LogP contribution in [0.1, 0.15) is 34.3 Å². The summed E-state index contributed by atoms with van der Waals surface area (Å²) >= 11 is 0. The number of benzene rings is 2. The number of fused-ring (bicyclic) bond motifs is 4. The van der Waals surface area contributed by atoms with E-state index in [9.17, 15) is 4.79 Å². The van der Waals surface area contributed by atoms with E-state index in [1.807, 2.05) is 0 Å². The van der Waals surface area contributed by atoms with Gasteiger partial charge in [0.15, 0.2) is 5.78 Å². The van der Waals surface area contributed by atoms with Gasteiger partial charge >= 0.3 is 0 Å². The van der Waals surface area contributed by atoms with Crippen LogP contribution in [0.2, 0.25) is 0 Å². The lowest BCUT2D eigenvalue weighted by molar-refractivity contribution is 0.0980. The van der Waals surface area contributed by atoms with E-state index >= 15 is 0 Å². The molecule has 0 aromatic heterocycles. The Morgan fingerprint density at radius 2 is 1.80 bits per heavy atom. The quantitative estimate of drug-likeness (QED) is 0.711. The zero-order valence-electron chi connectivity index (χ0n) is 11.6. The molecule has 0 aliphatic heterocycles. The lowest BCUT2D eigenvalue weighted by atomic mass is 9.88. The topological polar surface area (TPSA) is 17.1 Å². The highest BCUT2D eigenvalue weighted by Gasteiger charge is 2.17. The number of ketones is 1. The van der Waals surface area contributed by atoms with Crippen LogP contribution in [0.5, 0.6) is 0 Å². The fraction of sp³-hybridized carbons (Fsp3) is 0.211. The summed E-state index contributed by atoms with van der Waals surface area (Å²) in [6.45, 7) is 2.12. The number of carbonyl (C=O) groups is 1. The number of hydrogen-bond acceptors (Lipinski definition) is 1. The highest BCUT2D eigenvalue weighted by Crippen LogP contribution is 2.17. The van der Waals surface area contributed by atoms with Gasteiger partial charge in [-0.1, -0.05) is 48.0 Å². The molecule has 2 aliphatic carbocycles. The van der Waals surface area contributed by atoms with Gasteiger partial charge in [-0.25, -0.2) is 0 Å². The average Bonchev–Trinajstić information content (AvgIpc) is 2.46. The van der Waals surface area contributed by atoms with Gasteiger partial charge in [0.1, 0.15) is 0 Å². The van der Waals surface area contributed by atoms with Crippen molar-refractivity contribution in [1.29, 1.82) is 0 Å². The standard InChI is InChI=1S/C19H16O/c1-12-5-8-15-14(11-12)7-10-17-16(15)9-6-13-3-2-4-18(20)19(13)17/h3,5-9,11H,2,4,10H2,1H3. The molecule has 0 unspecified atom stereocenters. The first kappa shape index (κ1) is 11.7. The molecule has 4 rings (SSSR count). The molecule has 0 saturated heterocycles. The minimum atomic E-state index is 0.309. The Kier molecular flexibility index (Phi) is 2.43. The molecule has 2 aliphatic rings. The van der Waals surface area contributed by atoms with Crippen molar-refractivity contribution in [2.45, 2.75) is 26.2 Å². The lowest BCUT2D eigenvalue weighted by Crippen LogP contribution is -2.24. The second-order valence-electron chi connectivity index (χ2n) is 5.72. The molecule has 0 radical (unpaired) electrons. The monoisotopic (exact) mass is 260 g/mol. The van der Waals surface area contributed by atoms with Gasteiger partial charge < -0.3 is 0 Å². The van der Waals surface area contributed by atoms with E-state index < -0.39 is 0 Å². The first-order valence-electron chi connectivity index (χ1n) is 7.20. The smallest absolute Gasteiger partial charge is 0.164 e. The third kappa shape index (κ3) is 1.59. The van der Waals surface area contributed by atoms with Crippen molar-refractivity contribution in [2.24, 2.45) is 0 Å². The summed E-state index contributed by atoms with van der Waals surface area (Å²) in [4.78, 5) is 12.3. The minimum absolute atomic E-state index is 0.309. The first-order chi connectivity index (χ1) is 9.74. The zero-order chi connectivity index (χ0) is 13.7. The summed E-state index contributed by atoms with van der Waals surface area (Å²) in [6, 6.07) is 10.9. The average molecular weight is 260 g/mol. The third-order valence-corrected chi connectivity index (χ3v) is 4.38. The minimum Gasteiger partial charge on any atom is -0.294 e. The Bertz CT molecular complexity index is 948. The largest absolute Gasteiger partial charge is 0.294 e. The number of aryl methyl sites for hydroxylation is 1. The highest BCUT2D eigenvalue weighted by atomic mass is 16.1. The van der Waals surface area contributed by atoms with Gasteiger partial charge in [-0.15, -0.1) is 0 Å². The van der Waals surface area contributed by atoms with Gasteiger partial charge in [-0.05, 0) is 46.2 Å². The summed E-state index contributed by atoms with van der Waals surface area (Å²) in [7, 11) is 0. The van der Waals surface area contributed by atoms with Crippen molar-refractivity contribution in [1.82, 2.24) is 0 Å². The van der Waals surface area contributed by atoms with Crippen LogP contribution in [0, 0.1) is 17.4 Å². The van der Waals surface area contributed by atoms with Gasteiger partial charge in [0, 0.05) is 12.0 Å². The second-order valence-corrected chi connectivity index (χ2v) is 5.72. The van der Waals surface area contributed by atoms with Crippen molar-refractivity contribution in [3.05, 3.63) is 67.9 Å². The molecule has 0 fully saturated rings. The molecule has 1 heteroatoms. The molecule has 0 saturated carbocycles. The van der Waals surface area contributed by atoms with Crippen molar-refractivity contribution >= 4 is 17.9 Å². The maximum atomic E-state index is 12.3. The Hall–Kier alpha value is -2.15. The van der Waals surface area contributed by atoms with E-state index in [1.54, 1.807) is 0 Å². The van der Waals surface area contributed by atoms with Crippen LogP contribution in [-0.4, -0.2) is 5.78 Å². The van der Waals surface area contributed by atoms with E-state index in [0.717, 1.165) is 23.6 Å². The van der Waals surface area contributed by atoms with Crippen LogP contribution in [0.25, 0.3) is 12.2 Å². The SMILES string of the molecule is Cc1ccc2c(c1)=CCc1c3c(ccc1=2)=CCCC3=O. The van der Waals surface area contributed by atoms with Crippen LogP contribution < -0.4 is 10.4 Å². The summed E-state index contributed by atoms with van der Waals surface area (Å²) in [5.74, 6) is 0.309. The Morgan fingerprint density at radius 1 is 0.950 bits per heavy atom. The number of carbonyl (C=O) groups excluding carboxylic acids is 1. The van der Waals surface area contributed by atoms with E-state index in [2.05, 4.69) is 49.4 Å². The molecule has 1 nitrogen and oxygen atoms in total. The van der Waals surface area contributed by atoms with Gasteiger partial charge in [-0.2, -0.15) is 0 Å². The Morgan fingerprint density at radius 3 is 2.70 bits per heavy atom. The fourth-order valence-corrected chi connectivity index (χ4v) is 3.42. The molecular formula is C19H16O. The predicted octanol–water partition coefficient (Wildman–Crippen LogP) is 2.38. The number of hydrogen-bond donors (Lipinski definition) is 0. The van der Waals surface area contributed by atoms with Gasteiger partial charge in [-0.3, -0.25) is 4.79 Å². The van der Waals surface area contributed by atoms with Gasteiger partial charge in [0.25, 0.3) is 0 Å². The van der Waals surface area contributed by atoms with Crippen LogP contribution in [0.3, 0.4) is 0 Å². The normalized spacial score (nSPS) is 15.6. The molecule has 2 aromatic carbocycles. The number of Topliss-reactive ketones (excluding diaryl/α,β-unsaturated/α-hetero) is 1. The van der Waals surface area contributed by atoms with E-state index in [4.69, 9.17) is 0 Å². The summed E-state index contributed by atoms with van der Waals surface area (Å²) in [6.07, 6.45) is 6.86. The van der Waals surface area contributed by atoms with E-state index in [-0.39, 0.29) is 0 Å². The Balaban J connectivity index is 2.23. The fourth-order valence-electron chi connectivity index (χ4n) is 3.42. The molecular weight excluding hydrogens is 244 g/mol.